The summed E-state index contributed by atoms with van der Waals surface area (Å²) in [5.41, 5.74) is 0. The van der Waals surface area contributed by atoms with Crippen molar-refractivity contribution >= 4 is 16.3 Å². The molecule has 0 spiro atoms. The van der Waals surface area contributed by atoms with E-state index in [1.807, 2.05) is 0 Å². The first-order chi connectivity index (χ1) is 33.0. The van der Waals surface area contributed by atoms with E-state index in [2.05, 4.69) is 23.3 Å². The van der Waals surface area contributed by atoms with Crippen LogP contribution in [0.2, 0.25) is 0 Å². The summed E-state index contributed by atoms with van der Waals surface area (Å²) in [5, 5.41) is 45.1. The number of carbonyl (C=O) groups is 1. The number of rotatable bonds is 51. The zero-order chi connectivity index (χ0) is 49.8. The predicted molar refractivity (Wildman–Crippen MR) is 278 cm³/mol. The third-order valence-corrected chi connectivity index (χ3v) is 14.6. The third kappa shape index (κ3) is 37.8. The molecular formula is C55H109NO11S. The molecule has 0 aromatic carbocycles. The summed E-state index contributed by atoms with van der Waals surface area (Å²) in [5.74, 6) is -0.222. The molecule has 1 fully saturated rings. The number of carbonyl (C=O) groups excluding carboxylic acids is 1. The molecule has 1 aliphatic rings. The summed E-state index contributed by atoms with van der Waals surface area (Å²) < 4.78 is 47.9. The number of aliphatic hydroxyl groups excluding tert-OH is 4. The van der Waals surface area contributed by atoms with Crippen LogP contribution in [0.1, 0.15) is 290 Å². The highest BCUT2D eigenvalue weighted by Crippen LogP contribution is 2.26. The number of nitrogens with one attached hydrogen (secondary N) is 1. The van der Waals surface area contributed by atoms with E-state index in [0.717, 1.165) is 51.4 Å². The van der Waals surface area contributed by atoms with Gasteiger partial charge in [-0.15, -0.1) is 0 Å². The molecular weight excluding hydrogens is 883 g/mol. The lowest BCUT2D eigenvalue weighted by Crippen LogP contribution is -2.61. The SMILES string of the molecule is CCCCCCCCCCCCCCCCCCCCCCCCCCCC(=O)NC(COC1OC(CO)C(O)C(OS(=O)(=O)O)C1O)C(O)CCCCCCCCCCCCCCCCCC. The second kappa shape index (κ2) is 45.9. The standard InChI is InChI=1S/C55H109NO11S/c1-3-5-7-9-11-13-15-17-19-21-22-23-24-25-26-27-28-29-31-33-35-37-39-41-43-45-51(59)56-48(47-65-55-53(61)54(67-68(62,63)64)52(60)50(46-57)66-55)49(58)44-42-40-38-36-34-32-30-20-18-16-14-12-10-8-6-4-2/h48-50,52-55,57-58,60-61H,3-47H2,1-2H3,(H,56,59)(H,62,63,64). The van der Waals surface area contributed by atoms with Crippen molar-refractivity contribution in [1.29, 1.82) is 0 Å². The van der Waals surface area contributed by atoms with Crippen LogP contribution in [-0.2, 0) is 28.9 Å². The highest BCUT2D eigenvalue weighted by Gasteiger charge is 2.48. The van der Waals surface area contributed by atoms with Crippen molar-refractivity contribution in [3.05, 3.63) is 0 Å². The van der Waals surface area contributed by atoms with Gasteiger partial charge in [0, 0.05) is 6.42 Å². The Kier molecular flexibility index (Phi) is 44.0. The Balaban J connectivity index is 2.31. The zero-order valence-electron chi connectivity index (χ0n) is 44.0. The van der Waals surface area contributed by atoms with Gasteiger partial charge in [-0.2, -0.15) is 8.42 Å². The minimum Gasteiger partial charge on any atom is -0.394 e. The van der Waals surface area contributed by atoms with E-state index in [0.29, 0.717) is 12.8 Å². The average Bonchev–Trinajstić information content (AvgIpc) is 3.31. The van der Waals surface area contributed by atoms with E-state index < -0.39 is 59.9 Å². The van der Waals surface area contributed by atoms with Crippen LogP contribution in [0.15, 0.2) is 0 Å². The Labute approximate surface area is 418 Å². The summed E-state index contributed by atoms with van der Waals surface area (Å²) in [4.78, 5) is 13.1. The molecule has 0 bridgehead atoms. The second-order valence-electron chi connectivity index (χ2n) is 20.6. The fourth-order valence-corrected chi connectivity index (χ4v) is 10.2. The molecule has 68 heavy (non-hydrogen) atoms. The van der Waals surface area contributed by atoms with Crippen LogP contribution in [0.4, 0.5) is 0 Å². The molecule has 12 nitrogen and oxygen atoms in total. The molecule has 1 heterocycles. The van der Waals surface area contributed by atoms with E-state index in [1.165, 1.54) is 212 Å². The molecule has 0 saturated carbocycles. The monoisotopic (exact) mass is 992 g/mol. The van der Waals surface area contributed by atoms with E-state index in [4.69, 9.17) is 9.47 Å². The molecule has 1 aliphatic heterocycles. The molecule has 13 heteroatoms. The van der Waals surface area contributed by atoms with Gasteiger partial charge in [-0.3, -0.25) is 9.35 Å². The first-order valence-electron chi connectivity index (χ1n) is 28.9. The van der Waals surface area contributed by atoms with Crippen molar-refractivity contribution in [1.82, 2.24) is 5.32 Å². The van der Waals surface area contributed by atoms with Gasteiger partial charge in [0.1, 0.15) is 24.4 Å². The maximum absolute atomic E-state index is 13.1. The van der Waals surface area contributed by atoms with Crippen molar-refractivity contribution in [2.45, 2.75) is 333 Å². The van der Waals surface area contributed by atoms with Crippen LogP contribution in [-0.4, -0.2) is 95.4 Å². The molecule has 1 saturated heterocycles. The van der Waals surface area contributed by atoms with Crippen LogP contribution in [0.5, 0.6) is 0 Å². The summed E-state index contributed by atoms with van der Waals surface area (Å²) in [6.45, 7) is 3.50. The topological polar surface area (TPSA) is 192 Å². The summed E-state index contributed by atoms with van der Waals surface area (Å²) in [7, 11) is -5.08. The predicted octanol–water partition coefficient (Wildman–Crippen LogP) is 13.3. The summed E-state index contributed by atoms with van der Waals surface area (Å²) in [6, 6.07) is -0.853. The lowest BCUT2D eigenvalue weighted by molar-refractivity contribution is -0.298. The maximum Gasteiger partial charge on any atom is 0.397 e. The van der Waals surface area contributed by atoms with Gasteiger partial charge in [0.2, 0.25) is 5.91 Å². The van der Waals surface area contributed by atoms with E-state index >= 15 is 0 Å². The quantitative estimate of drug-likeness (QED) is 0.0251. The van der Waals surface area contributed by atoms with Gasteiger partial charge in [-0.05, 0) is 12.8 Å². The van der Waals surface area contributed by atoms with E-state index in [-0.39, 0.29) is 12.5 Å². The van der Waals surface area contributed by atoms with Crippen molar-refractivity contribution in [2.75, 3.05) is 13.2 Å². The zero-order valence-corrected chi connectivity index (χ0v) is 44.8. The summed E-state index contributed by atoms with van der Waals surface area (Å²) >= 11 is 0. The minimum absolute atomic E-state index is 0.222. The number of ether oxygens (including phenoxy) is 2. The largest absolute Gasteiger partial charge is 0.397 e. The minimum atomic E-state index is -5.08. The van der Waals surface area contributed by atoms with Crippen molar-refractivity contribution in [2.24, 2.45) is 0 Å². The van der Waals surface area contributed by atoms with Crippen molar-refractivity contribution < 1.29 is 51.8 Å². The van der Waals surface area contributed by atoms with Crippen LogP contribution >= 0.6 is 0 Å². The van der Waals surface area contributed by atoms with Gasteiger partial charge in [-0.1, -0.05) is 271 Å². The van der Waals surface area contributed by atoms with Gasteiger partial charge >= 0.3 is 10.4 Å². The molecule has 7 atom stereocenters. The summed E-state index contributed by atoms with van der Waals surface area (Å²) in [6.07, 6.45) is 44.0. The van der Waals surface area contributed by atoms with Gasteiger partial charge in [0.15, 0.2) is 6.29 Å². The van der Waals surface area contributed by atoms with Crippen LogP contribution < -0.4 is 5.32 Å². The van der Waals surface area contributed by atoms with E-state index in [9.17, 15) is 38.2 Å². The molecule has 6 N–H and O–H groups in total. The number of unbranched alkanes of at least 4 members (excludes halogenated alkanes) is 39. The van der Waals surface area contributed by atoms with Crippen LogP contribution in [0.25, 0.3) is 0 Å². The highest BCUT2D eigenvalue weighted by atomic mass is 32.3. The molecule has 7 unspecified atom stereocenters. The van der Waals surface area contributed by atoms with Gasteiger partial charge in [0.05, 0.1) is 25.4 Å². The first kappa shape index (κ1) is 65.1. The fraction of sp³-hybridized carbons (Fsp3) is 0.982. The average molecular weight is 993 g/mol. The Morgan fingerprint density at radius 2 is 0.853 bits per heavy atom. The lowest BCUT2D eigenvalue weighted by atomic mass is 9.99. The molecule has 0 aliphatic carbocycles. The molecule has 0 aromatic rings. The van der Waals surface area contributed by atoms with Gasteiger partial charge in [-0.25, -0.2) is 4.18 Å². The van der Waals surface area contributed by atoms with Crippen LogP contribution in [0.3, 0.4) is 0 Å². The number of amides is 1. The fourth-order valence-electron chi connectivity index (χ4n) is 9.70. The number of aliphatic hydroxyl groups is 4. The van der Waals surface area contributed by atoms with Gasteiger partial charge < -0.3 is 35.2 Å². The Morgan fingerprint density at radius 1 is 0.529 bits per heavy atom. The second-order valence-corrected chi connectivity index (χ2v) is 21.6. The van der Waals surface area contributed by atoms with Crippen LogP contribution in [0, 0.1) is 0 Å². The Bertz CT molecular complexity index is 1210. The number of hydrogen-bond donors (Lipinski definition) is 6. The van der Waals surface area contributed by atoms with Gasteiger partial charge in [0.25, 0.3) is 0 Å². The third-order valence-electron chi connectivity index (χ3n) is 14.2. The molecule has 406 valence electrons. The molecule has 0 radical (unpaired) electrons. The Morgan fingerprint density at radius 3 is 1.18 bits per heavy atom. The molecule has 1 amide bonds. The highest BCUT2D eigenvalue weighted by molar-refractivity contribution is 7.80. The normalized spacial score (nSPS) is 19.7. The van der Waals surface area contributed by atoms with E-state index in [1.54, 1.807) is 0 Å². The molecule has 0 aromatic heterocycles. The Hall–Kier alpha value is -0.900. The molecule has 1 rings (SSSR count). The van der Waals surface area contributed by atoms with Crippen molar-refractivity contribution in [3.8, 4) is 0 Å². The van der Waals surface area contributed by atoms with Crippen molar-refractivity contribution in [3.63, 3.8) is 0 Å². The maximum atomic E-state index is 13.1. The lowest BCUT2D eigenvalue weighted by Gasteiger charge is -2.41. The first-order valence-corrected chi connectivity index (χ1v) is 30.3. The smallest absolute Gasteiger partial charge is 0.394 e. The number of hydrogen-bond acceptors (Lipinski definition) is 10.